The Bertz CT molecular complexity index is 830. The number of aromatic nitrogens is 1. The van der Waals surface area contributed by atoms with Gasteiger partial charge in [-0.15, -0.1) is 0 Å². The number of nitrogens with zero attached hydrogens (tertiary/aromatic N) is 1. The molecule has 120 valence electrons. The molecule has 6 heteroatoms. The van der Waals surface area contributed by atoms with Crippen molar-refractivity contribution in [1.82, 2.24) is 10.3 Å². The number of anilines is 1. The Hall–Kier alpha value is -3.41. The van der Waals surface area contributed by atoms with Crippen molar-refractivity contribution in [2.45, 2.75) is 6.54 Å². The first-order valence-electron chi connectivity index (χ1n) is 7.35. The van der Waals surface area contributed by atoms with Crippen LogP contribution in [0.5, 0.6) is 0 Å². The van der Waals surface area contributed by atoms with Gasteiger partial charge in [0.05, 0.1) is 29.6 Å². The van der Waals surface area contributed by atoms with Crippen molar-refractivity contribution in [1.29, 1.82) is 0 Å². The maximum atomic E-state index is 12.4. The van der Waals surface area contributed by atoms with Gasteiger partial charge in [0.15, 0.2) is 0 Å². The van der Waals surface area contributed by atoms with Crippen LogP contribution in [0.3, 0.4) is 0 Å². The lowest BCUT2D eigenvalue weighted by Crippen LogP contribution is -2.24. The summed E-state index contributed by atoms with van der Waals surface area (Å²) in [5.74, 6) is 0.0306. The summed E-state index contributed by atoms with van der Waals surface area (Å²) in [7, 11) is 0. The number of carbonyl (C=O) groups excluding carboxylic acids is 2. The lowest BCUT2D eigenvalue weighted by atomic mass is 10.1. The van der Waals surface area contributed by atoms with Gasteiger partial charge in [-0.05, 0) is 36.4 Å². The summed E-state index contributed by atoms with van der Waals surface area (Å²) in [5.41, 5.74) is 1.23. The summed E-state index contributed by atoms with van der Waals surface area (Å²) in [6.45, 7) is 0.275. The van der Waals surface area contributed by atoms with Crippen LogP contribution in [0.1, 0.15) is 26.5 Å². The van der Waals surface area contributed by atoms with Gasteiger partial charge in [0.2, 0.25) is 0 Å². The Morgan fingerprint density at radius 2 is 1.88 bits per heavy atom. The molecule has 2 heterocycles. The second-order valence-corrected chi connectivity index (χ2v) is 5.00. The quantitative estimate of drug-likeness (QED) is 0.757. The molecule has 0 saturated carbocycles. The fraction of sp³-hybridized carbons (Fsp3) is 0.0556. The third-order valence-corrected chi connectivity index (χ3v) is 3.35. The highest BCUT2D eigenvalue weighted by atomic mass is 16.3. The maximum Gasteiger partial charge on any atom is 0.257 e. The van der Waals surface area contributed by atoms with E-state index in [2.05, 4.69) is 15.6 Å². The molecule has 0 atom stereocenters. The number of carbonyl (C=O) groups is 2. The number of amides is 2. The van der Waals surface area contributed by atoms with Crippen LogP contribution in [0.4, 0.5) is 5.69 Å². The lowest BCUT2D eigenvalue weighted by Gasteiger charge is -2.11. The van der Waals surface area contributed by atoms with Gasteiger partial charge in [0.1, 0.15) is 5.76 Å². The molecular weight excluding hydrogens is 306 g/mol. The molecule has 0 aliphatic rings. The minimum absolute atomic E-state index is 0.275. The predicted molar refractivity (Wildman–Crippen MR) is 88.5 cm³/mol. The Labute approximate surface area is 138 Å². The van der Waals surface area contributed by atoms with E-state index < -0.39 is 0 Å². The molecule has 0 bridgehead atoms. The van der Waals surface area contributed by atoms with Crippen LogP contribution in [0, 0.1) is 0 Å². The average molecular weight is 321 g/mol. The summed E-state index contributed by atoms with van der Waals surface area (Å²) >= 11 is 0. The number of benzene rings is 1. The van der Waals surface area contributed by atoms with Crippen molar-refractivity contribution in [2.24, 2.45) is 0 Å². The van der Waals surface area contributed by atoms with Gasteiger partial charge in [-0.3, -0.25) is 14.6 Å². The lowest BCUT2D eigenvalue weighted by molar-refractivity contribution is 0.0949. The fourth-order valence-electron chi connectivity index (χ4n) is 2.16. The molecule has 3 rings (SSSR count). The Kier molecular flexibility index (Phi) is 4.67. The summed E-state index contributed by atoms with van der Waals surface area (Å²) in [4.78, 5) is 28.5. The summed E-state index contributed by atoms with van der Waals surface area (Å²) in [5, 5.41) is 5.50. The van der Waals surface area contributed by atoms with Crippen LogP contribution in [0.25, 0.3) is 0 Å². The highest BCUT2D eigenvalue weighted by Crippen LogP contribution is 2.16. The third-order valence-electron chi connectivity index (χ3n) is 3.35. The Morgan fingerprint density at radius 1 is 1.00 bits per heavy atom. The van der Waals surface area contributed by atoms with Gasteiger partial charge in [-0.2, -0.15) is 0 Å². The topological polar surface area (TPSA) is 84.2 Å². The largest absolute Gasteiger partial charge is 0.467 e. The van der Waals surface area contributed by atoms with Gasteiger partial charge in [-0.25, -0.2) is 0 Å². The van der Waals surface area contributed by atoms with Gasteiger partial charge >= 0.3 is 0 Å². The minimum atomic E-state index is -0.325. The molecular formula is C18H15N3O3. The van der Waals surface area contributed by atoms with Crippen LogP contribution in [-0.4, -0.2) is 16.8 Å². The van der Waals surface area contributed by atoms with E-state index in [9.17, 15) is 9.59 Å². The van der Waals surface area contributed by atoms with Gasteiger partial charge in [-0.1, -0.05) is 12.1 Å². The van der Waals surface area contributed by atoms with E-state index in [1.54, 1.807) is 61.0 Å². The number of nitrogens with one attached hydrogen (secondary N) is 2. The van der Waals surface area contributed by atoms with Crippen LogP contribution < -0.4 is 10.6 Å². The zero-order valence-electron chi connectivity index (χ0n) is 12.7. The molecule has 0 spiro atoms. The molecule has 0 radical (unpaired) electrons. The highest BCUT2D eigenvalue weighted by Gasteiger charge is 2.14. The van der Waals surface area contributed by atoms with Crippen LogP contribution in [0.15, 0.2) is 71.6 Å². The first kappa shape index (κ1) is 15.5. The summed E-state index contributed by atoms with van der Waals surface area (Å²) in [6.07, 6.45) is 4.60. The molecule has 0 aliphatic carbocycles. The smallest absolute Gasteiger partial charge is 0.257 e. The van der Waals surface area contributed by atoms with Crippen LogP contribution >= 0.6 is 0 Å². The van der Waals surface area contributed by atoms with Crippen molar-refractivity contribution in [3.63, 3.8) is 0 Å². The third kappa shape index (κ3) is 3.67. The second kappa shape index (κ2) is 7.23. The highest BCUT2D eigenvalue weighted by molar-refractivity contribution is 6.08. The van der Waals surface area contributed by atoms with Crippen molar-refractivity contribution < 1.29 is 14.0 Å². The molecule has 3 aromatic rings. The van der Waals surface area contributed by atoms with Crippen LogP contribution in [0.2, 0.25) is 0 Å². The number of rotatable bonds is 5. The van der Waals surface area contributed by atoms with Crippen LogP contribution in [-0.2, 0) is 6.54 Å². The standard InChI is InChI=1S/C18H15N3O3/c22-17(13-5-3-9-19-11-13)21-16-8-2-1-7-15(16)18(23)20-12-14-6-4-10-24-14/h1-11H,12H2,(H,20,23)(H,21,22). The second-order valence-electron chi connectivity index (χ2n) is 5.00. The van der Waals surface area contributed by atoms with Crippen molar-refractivity contribution >= 4 is 17.5 Å². The van der Waals surface area contributed by atoms with E-state index in [4.69, 9.17) is 4.42 Å². The van der Waals surface area contributed by atoms with E-state index in [0.29, 0.717) is 22.6 Å². The molecule has 1 aromatic carbocycles. The van der Waals surface area contributed by atoms with Crippen molar-refractivity contribution in [2.75, 3.05) is 5.32 Å². The molecule has 0 aliphatic heterocycles. The zero-order chi connectivity index (χ0) is 16.8. The molecule has 0 fully saturated rings. The van der Waals surface area contributed by atoms with Gasteiger partial charge < -0.3 is 15.1 Å². The number of pyridine rings is 1. The fourth-order valence-corrected chi connectivity index (χ4v) is 2.16. The summed E-state index contributed by atoms with van der Waals surface area (Å²) < 4.78 is 5.18. The van der Waals surface area contributed by atoms with E-state index in [1.807, 2.05) is 0 Å². The Morgan fingerprint density at radius 3 is 2.62 bits per heavy atom. The van der Waals surface area contributed by atoms with E-state index in [0.717, 1.165) is 0 Å². The zero-order valence-corrected chi connectivity index (χ0v) is 12.7. The molecule has 2 aromatic heterocycles. The molecule has 2 N–H and O–H groups in total. The first-order valence-corrected chi connectivity index (χ1v) is 7.35. The number of hydrogen-bond acceptors (Lipinski definition) is 4. The van der Waals surface area contributed by atoms with Gasteiger partial charge in [0.25, 0.3) is 11.8 Å². The molecule has 2 amide bonds. The first-order chi connectivity index (χ1) is 11.7. The minimum Gasteiger partial charge on any atom is -0.467 e. The molecule has 0 saturated heterocycles. The predicted octanol–water partition coefficient (Wildman–Crippen LogP) is 2.86. The summed E-state index contributed by atoms with van der Waals surface area (Å²) in [6, 6.07) is 13.7. The normalized spacial score (nSPS) is 10.2. The number of hydrogen-bond donors (Lipinski definition) is 2. The van der Waals surface area contributed by atoms with Crippen molar-refractivity contribution in [3.05, 3.63) is 84.1 Å². The number of para-hydroxylation sites is 1. The monoisotopic (exact) mass is 321 g/mol. The molecule has 6 nitrogen and oxygen atoms in total. The SMILES string of the molecule is O=C(Nc1ccccc1C(=O)NCc1ccco1)c1cccnc1. The maximum absolute atomic E-state index is 12.4. The molecule has 0 unspecified atom stereocenters. The van der Waals surface area contributed by atoms with E-state index >= 15 is 0 Å². The Balaban J connectivity index is 1.72. The average Bonchev–Trinajstić information content (AvgIpc) is 3.14. The van der Waals surface area contributed by atoms with Crippen molar-refractivity contribution in [3.8, 4) is 0 Å². The van der Waals surface area contributed by atoms with Gasteiger partial charge in [0, 0.05) is 12.4 Å². The van der Waals surface area contributed by atoms with E-state index in [-0.39, 0.29) is 18.4 Å². The van der Waals surface area contributed by atoms with E-state index in [1.165, 1.54) is 6.20 Å². The molecule has 24 heavy (non-hydrogen) atoms. The number of furan rings is 1.